The molecule has 10 heavy (non-hydrogen) atoms. The lowest BCUT2D eigenvalue weighted by Gasteiger charge is -1.84. The molecule has 0 aliphatic carbocycles. The molecule has 0 spiro atoms. The van der Waals surface area contributed by atoms with Crippen LogP contribution >= 0.6 is 0 Å². The summed E-state index contributed by atoms with van der Waals surface area (Å²) in [6.45, 7) is 0. The van der Waals surface area contributed by atoms with E-state index in [1.807, 2.05) is 0 Å². The largest absolute Gasteiger partial charge is 0.270 e. The van der Waals surface area contributed by atoms with E-state index in [-0.39, 0.29) is 0 Å². The summed E-state index contributed by atoms with van der Waals surface area (Å²) in [7, 11) is 0. The van der Waals surface area contributed by atoms with Crippen molar-refractivity contribution in [2.75, 3.05) is 0 Å². The molecule has 2 rings (SSSR count). The van der Waals surface area contributed by atoms with E-state index in [0.717, 1.165) is 0 Å². The van der Waals surface area contributed by atoms with Crippen molar-refractivity contribution in [1.29, 1.82) is 0 Å². The predicted octanol–water partition coefficient (Wildman–Crippen LogP) is -1.82. The van der Waals surface area contributed by atoms with Crippen LogP contribution in [0.1, 0.15) is 0 Å². The number of aromatic amines is 1. The summed E-state index contributed by atoms with van der Waals surface area (Å²) in [4.78, 5) is 0. The van der Waals surface area contributed by atoms with Crippen molar-refractivity contribution in [2.45, 2.75) is 0 Å². The third-order valence-corrected chi connectivity index (χ3v) is 0.900. The highest BCUT2D eigenvalue weighted by Crippen LogP contribution is 1.86. The van der Waals surface area contributed by atoms with Gasteiger partial charge in [0.25, 0.3) is 5.95 Å². The molecule has 2 aromatic rings. The van der Waals surface area contributed by atoms with E-state index < -0.39 is 0 Å². The first-order chi connectivity index (χ1) is 4.97. The van der Waals surface area contributed by atoms with Crippen LogP contribution in [0.2, 0.25) is 0 Å². The molecule has 0 aliphatic heterocycles. The first kappa shape index (κ1) is 4.97. The van der Waals surface area contributed by atoms with Crippen LogP contribution < -0.4 is 0 Å². The highest BCUT2D eigenvalue weighted by molar-refractivity contribution is 4.97. The fourth-order valence-electron chi connectivity index (χ4n) is 0.510. The monoisotopic (exact) mass is 138 g/mol. The van der Waals surface area contributed by atoms with Gasteiger partial charge in [0.1, 0.15) is 6.33 Å². The van der Waals surface area contributed by atoms with Crippen LogP contribution in [0.25, 0.3) is 5.95 Å². The molecule has 0 aliphatic rings. The van der Waals surface area contributed by atoms with Gasteiger partial charge in [0.05, 0.1) is 0 Å². The number of hydrogen-bond acceptors (Lipinski definition) is 6. The van der Waals surface area contributed by atoms with Gasteiger partial charge in [0, 0.05) is 0 Å². The van der Waals surface area contributed by atoms with Crippen molar-refractivity contribution in [2.24, 2.45) is 0 Å². The Morgan fingerprint density at radius 3 is 3.00 bits per heavy atom. The molecular weight excluding hydrogens is 136 g/mol. The zero-order chi connectivity index (χ0) is 6.81. The van der Waals surface area contributed by atoms with E-state index >= 15 is 0 Å². The number of nitrogens with one attached hydrogen (secondary N) is 1. The smallest absolute Gasteiger partial charge is 0.223 e. The van der Waals surface area contributed by atoms with E-state index in [1.54, 1.807) is 0 Å². The van der Waals surface area contributed by atoms with E-state index in [2.05, 4.69) is 36.1 Å². The lowest BCUT2D eigenvalue weighted by atomic mass is 11.0. The Morgan fingerprint density at radius 1 is 1.40 bits per heavy atom. The van der Waals surface area contributed by atoms with E-state index in [1.165, 1.54) is 11.0 Å². The number of H-pyrrole nitrogens is 1. The molecule has 1 N–H and O–H groups in total. The minimum Gasteiger partial charge on any atom is -0.223 e. The number of tetrazole rings is 2. The summed E-state index contributed by atoms with van der Waals surface area (Å²) in [5.41, 5.74) is 0. The van der Waals surface area contributed by atoms with Gasteiger partial charge in [-0.15, -0.1) is 5.10 Å². The molecule has 0 saturated heterocycles. The average Bonchev–Trinajstić information content (AvgIpc) is 2.59. The Morgan fingerprint density at radius 2 is 2.40 bits per heavy atom. The fourth-order valence-corrected chi connectivity index (χ4v) is 0.510. The first-order valence-electron chi connectivity index (χ1n) is 2.44. The SMILES string of the molecule is c1nnnn1-c1nnn[nH]1. The number of rotatable bonds is 1. The standard InChI is InChI=1S/C2H2N8/c1-3-6-9-10(1)2-4-7-8-5-2/h1H,(H,4,5,7,8). The summed E-state index contributed by atoms with van der Waals surface area (Å²) in [5.74, 6) is 0.394. The van der Waals surface area contributed by atoms with Crippen molar-refractivity contribution < 1.29 is 0 Å². The van der Waals surface area contributed by atoms with E-state index in [4.69, 9.17) is 0 Å². The maximum atomic E-state index is 3.56. The second-order valence-corrected chi connectivity index (χ2v) is 1.48. The van der Waals surface area contributed by atoms with Crippen LogP contribution in [-0.2, 0) is 0 Å². The van der Waals surface area contributed by atoms with Crippen LogP contribution in [-0.4, -0.2) is 40.8 Å². The van der Waals surface area contributed by atoms with Crippen molar-refractivity contribution in [3.05, 3.63) is 6.33 Å². The molecule has 0 radical (unpaired) electrons. The third-order valence-electron chi connectivity index (χ3n) is 0.900. The quantitative estimate of drug-likeness (QED) is 0.498. The van der Waals surface area contributed by atoms with Gasteiger partial charge >= 0.3 is 0 Å². The Hall–Kier alpha value is -1.86. The fraction of sp³-hybridized carbons (Fsp3) is 0. The summed E-state index contributed by atoms with van der Waals surface area (Å²) in [6.07, 6.45) is 1.39. The Balaban J connectivity index is 2.48. The molecule has 0 amide bonds. The van der Waals surface area contributed by atoms with Gasteiger partial charge in [-0.25, -0.2) is 5.10 Å². The molecule has 0 unspecified atom stereocenters. The summed E-state index contributed by atoms with van der Waals surface area (Å²) in [5, 5.41) is 23.1. The number of nitrogens with zero attached hydrogens (tertiary/aromatic N) is 7. The van der Waals surface area contributed by atoms with Crippen LogP contribution in [0.3, 0.4) is 0 Å². The van der Waals surface area contributed by atoms with Crippen LogP contribution in [0.15, 0.2) is 6.33 Å². The first-order valence-corrected chi connectivity index (χ1v) is 2.44. The maximum absolute atomic E-state index is 3.56. The molecular formula is C2H2N8. The molecule has 0 bridgehead atoms. The highest BCUT2D eigenvalue weighted by atomic mass is 15.6. The second-order valence-electron chi connectivity index (χ2n) is 1.48. The molecule has 8 nitrogen and oxygen atoms in total. The lowest BCUT2D eigenvalue weighted by Crippen LogP contribution is -1.97. The molecule has 0 atom stereocenters. The van der Waals surface area contributed by atoms with Gasteiger partial charge in [-0.2, -0.15) is 4.68 Å². The Kier molecular flexibility index (Phi) is 0.907. The van der Waals surface area contributed by atoms with Crippen molar-refractivity contribution >= 4 is 0 Å². The third kappa shape index (κ3) is 0.623. The molecule has 2 heterocycles. The van der Waals surface area contributed by atoms with Crippen LogP contribution in [0.4, 0.5) is 0 Å². The van der Waals surface area contributed by atoms with Crippen molar-refractivity contribution in [3.8, 4) is 5.95 Å². The topological polar surface area (TPSA) is 98.1 Å². The van der Waals surface area contributed by atoms with Crippen LogP contribution in [0, 0.1) is 0 Å². The Bertz CT molecular complexity index is 247. The lowest BCUT2D eigenvalue weighted by molar-refractivity contribution is 0.750. The maximum Gasteiger partial charge on any atom is 0.270 e. The normalized spacial score (nSPS) is 10.0. The number of hydrogen-bond donors (Lipinski definition) is 1. The van der Waals surface area contributed by atoms with Crippen molar-refractivity contribution in [3.63, 3.8) is 0 Å². The second kappa shape index (κ2) is 1.83. The van der Waals surface area contributed by atoms with Gasteiger partial charge in [0.15, 0.2) is 0 Å². The summed E-state index contributed by atoms with van der Waals surface area (Å²) in [6, 6.07) is 0. The Labute approximate surface area is 54.2 Å². The predicted molar refractivity (Wildman–Crippen MR) is 26.9 cm³/mol. The van der Waals surface area contributed by atoms with Gasteiger partial charge in [0.2, 0.25) is 0 Å². The van der Waals surface area contributed by atoms with Gasteiger partial charge < -0.3 is 0 Å². The van der Waals surface area contributed by atoms with Crippen LogP contribution in [0.5, 0.6) is 0 Å². The number of aromatic nitrogens is 8. The minimum absolute atomic E-state index is 0.394. The highest BCUT2D eigenvalue weighted by Gasteiger charge is 1.98. The van der Waals surface area contributed by atoms with E-state index in [0.29, 0.717) is 5.95 Å². The summed E-state index contributed by atoms with van der Waals surface area (Å²) >= 11 is 0. The molecule has 2 aromatic heterocycles. The molecule has 0 fully saturated rings. The zero-order valence-corrected chi connectivity index (χ0v) is 4.71. The minimum atomic E-state index is 0.394. The average molecular weight is 138 g/mol. The molecule has 8 heteroatoms. The molecule has 0 saturated carbocycles. The van der Waals surface area contributed by atoms with Gasteiger partial charge in [-0.05, 0) is 20.9 Å². The van der Waals surface area contributed by atoms with Gasteiger partial charge in [-0.3, -0.25) is 0 Å². The molecule has 50 valence electrons. The zero-order valence-electron chi connectivity index (χ0n) is 4.71. The molecule has 0 aromatic carbocycles. The van der Waals surface area contributed by atoms with Crippen molar-refractivity contribution in [1.82, 2.24) is 40.8 Å². The van der Waals surface area contributed by atoms with Gasteiger partial charge in [-0.1, -0.05) is 5.10 Å². The summed E-state index contributed by atoms with van der Waals surface area (Å²) < 4.78 is 1.32. The van der Waals surface area contributed by atoms with E-state index in [9.17, 15) is 0 Å².